The Morgan fingerprint density at radius 1 is 1.24 bits per heavy atom. The fourth-order valence-electron chi connectivity index (χ4n) is 3.17. The summed E-state index contributed by atoms with van der Waals surface area (Å²) in [7, 11) is 0. The van der Waals surface area contributed by atoms with Crippen molar-refractivity contribution in [3.63, 3.8) is 0 Å². The molecule has 1 amide bonds. The van der Waals surface area contributed by atoms with Crippen LogP contribution in [0.2, 0.25) is 0 Å². The topological polar surface area (TPSA) is 29.1 Å². The number of fused-ring (bicyclic) bond motifs is 1. The van der Waals surface area contributed by atoms with Crippen LogP contribution in [-0.4, -0.2) is 5.91 Å². The highest BCUT2D eigenvalue weighted by molar-refractivity contribution is 9.10. The summed E-state index contributed by atoms with van der Waals surface area (Å²) in [5, 5.41) is 3.03. The van der Waals surface area contributed by atoms with Crippen LogP contribution < -0.4 is 5.32 Å². The maximum Gasteiger partial charge on any atom is 0.228 e. The number of benzene rings is 1. The van der Waals surface area contributed by atoms with Crippen LogP contribution in [-0.2, 0) is 4.79 Å². The molecule has 1 aromatic carbocycles. The van der Waals surface area contributed by atoms with Gasteiger partial charge in [0.15, 0.2) is 0 Å². The number of carbonyl (C=O) groups is 1. The van der Waals surface area contributed by atoms with E-state index in [1.165, 1.54) is 25.7 Å². The van der Waals surface area contributed by atoms with Gasteiger partial charge in [0, 0.05) is 16.1 Å². The van der Waals surface area contributed by atoms with E-state index in [-0.39, 0.29) is 11.8 Å². The van der Waals surface area contributed by atoms with E-state index in [9.17, 15) is 4.79 Å². The number of rotatable bonds is 2. The third kappa shape index (κ3) is 2.25. The monoisotopic (exact) mass is 293 g/mol. The maximum absolute atomic E-state index is 12.1. The van der Waals surface area contributed by atoms with E-state index in [1.807, 2.05) is 24.3 Å². The van der Waals surface area contributed by atoms with Crippen LogP contribution in [0.4, 0.5) is 5.69 Å². The Morgan fingerprint density at radius 3 is 2.59 bits per heavy atom. The fraction of sp³-hybridized carbons (Fsp3) is 0.500. The minimum Gasteiger partial charge on any atom is -0.326 e. The first-order valence-corrected chi connectivity index (χ1v) is 7.11. The summed E-state index contributed by atoms with van der Waals surface area (Å²) in [6, 6.07) is 7.80. The standard InChI is InChI=1S/C14H16BrNO/c15-9-4-3-5-10(8-9)16-14(17)13-11-6-1-2-7-12(11)13/h3-5,8,11-13H,1-2,6-7H2,(H,16,17). The van der Waals surface area contributed by atoms with Gasteiger partial charge in [-0.2, -0.15) is 0 Å². The zero-order valence-electron chi connectivity index (χ0n) is 9.66. The van der Waals surface area contributed by atoms with Crippen molar-refractivity contribution in [3.8, 4) is 0 Å². The van der Waals surface area contributed by atoms with Crippen LogP contribution >= 0.6 is 15.9 Å². The first-order chi connectivity index (χ1) is 8.25. The Morgan fingerprint density at radius 2 is 1.94 bits per heavy atom. The van der Waals surface area contributed by atoms with E-state index in [1.54, 1.807) is 0 Å². The Labute approximate surface area is 110 Å². The van der Waals surface area contributed by atoms with Crippen molar-refractivity contribution in [2.75, 3.05) is 5.32 Å². The third-order valence-electron chi connectivity index (χ3n) is 4.05. The SMILES string of the molecule is O=C(Nc1cccc(Br)c1)C1C2CCCCC21. The van der Waals surface area contributed by atoms with Crippen LogP contribution in [0.3, 0.4) is 0 Å². The van der Waals surface area contributed by atoms with Gasteiger partial charge in [-0.05, 0) is 42.9 Å². The maximum atomic E-state index is 12.1. The van der Waals surface area contributed by atoms with Gasteiger partial charge in [-0.3, -0.25) is 4.79 Å². The summed E-state index contributed by atoms with van der Waals surface area (Å²) >= 11 is 3.41. The van der Waals surface area contributed by atoms with Gasteiger partial charge in [0.1, 0.15) is 0 Å². The summed E-state index contributed by atoms with van der Waals surface area (Å²) in [6.45, 7) is 0. The fourth-order valence-corrected chi connectivity index (χ4v) is 3.57. The lowest BCUT2D eigenvalue weighted by atomic mass is 10.0. The van der Waals surface area contributed by atoms with Crippen molar-refractivity contribution in [2.45, 2.75) is 25.7 Å². The van der Waals surface area contributed by atoms with Crippen molar-refractivity contribution < 1.29 is 4.79 Å². The molecular weight excluding hydrogens is 278 g/mol. The number of hydrogen-bond acceptors (Lipinski definition) is 1. The molecule has 1 N–H and O–H groups in total. The van der Waals surface area contributed by atoms with E-state index in [4.69, 9.17) is 0 Å². The number of nitrogens with one attached hydrogen (secondary N) is 1. The van der Waals surface area contributed by atoms with Crippen molar-refractivity contribution in [2.24, 2.45) is 17.8 Å². The van der Waals surface area contributed by atoms with E-state index in [0.29, 0.717) is 11.8 Å². The van der Waals surface area contributed by atoms with Gasteiger partial charge in [-0.1, -0.05) is 34.8 Å². The second kappa shape index (κ2) is 4.45. The second-order valence-electron chi connectivity index (χ2n) is 5.14. The molecular formula is C14H16BrNO. The molecule has 1 aromatic rings. The molecule has 0 spiro atoms. The molecule has 0 aromatic heterocycles. The highest BCUT2D eigenvalue weighted by Crippen LogP contribution is 2.55. The minimum atomic E-state index is 0.222. The van der Waals surface area contributed by atoms with Gasteiger partial charge >= 0.3 is 0 Å². The number of halogens is 1. The molecule has 2 fully saturated rings. The summed E-state index contributed by atoms with van der Waals surface area (Å²) in [4.78, 5) is 12.1. The van der Waals surface area contributed by atoms with Gasteiger partial charge in [0.25, 0.3) is 0 Å². The first kappa shape index (κ1) is 11.3. The van der Waals surface area contributed by atoms with Crippen LogP contribution in [0.25, 0.3) is 0 Å². The summed E-state index contributed by atoms with van der Waals surface area (Å²) < 4.78 is 1.00. The van der Waals surface area contributed by atoms with E-state index in [2.05, 4.69) is 21.2 Å². The smallest absolute Gasteiger partial charge is 0.228 e. The summed E-state index contributed by atoms with van der Waals surface area (Å²) in [5.41, 5.74) is 0.896. The predicted molar refractivity (Wildman–Crippen MR) is 71.7 cm³/mol. The molecule has 0 aliphatic heterocycles. The molecule has 3 rings (SSSR count). The molecule has 2 unspecified atom stereocenters. The second-order valence-corrected chi connectivity index (χ2v) is 6.05. The molecule has 90 valence electrons. The molecule has 0 heterocycles. The Hall–Kier alpha value is -0.830. The Balaban J connectivity index is 1.64. The molecule has 2 nitrogen and oxygen atoms in total. The van der Waals surface area contributed by atoms with E-state index < -0.39 is 0 Å². The zero-order chi connectivity index (χ0) is 11.8. The zero-order valence-corrected chi connectivity index (χ0v) is 11.2. The van der Waals surface area contributed by atoms with Gasteiger partial charge < -0.3 is 5.32 Å². The Kier molecular flexibility index (Phi) is 2.95. The number of hydrogen-bond donors (Lipinski definition) is 1. The highest BCUT2D eigenvalue weighted by Gasteiger charge is 2.54. The Bertz CT molecular complexity index is 434. The van der Waals surface area contributed by atoms with Gasteiger partial charge in [-0.25, -0.2) is 0 Å². The average molecular weight is 294 g/mol. The van der Waals surface area contributed by atoms with Gasteiger partial charge in [0.05, 0.1) is 0 Å². The van der Waals surface area contributed by atoms with Crippen LogP contribution in [0.5, 0.6) is 0 Å². The van der Waals surface area contributed by atoms with Gasteiger partial charge in [0.2, 0.25) is 5.91 Å². The molecule has 17 heavy (non-hydrogen) atoms. The molecule has 0 radical (unpaired) electrons. The lowest BCUT2D eigenvalue weighted by molar-refractivity contribution is -0.117. The largest absolute Gasteiger partial charge is 0.326 e. The van der Waals surface area contributed by atoms with E-state index >= 15 is 0 Å². The number of anilines is 1. The molecule has 2 saturated carbocycles. The van der Waals surface area contributed by atoms with Crippen molar-refractivity contribution in [1.82, 2.24) is 0 Å². The third-order valence-corrected chi connectivity index (χ3v) is 4.54. The lowest BCUT2D eigenvalue weighted by Crippen LogP contribution is -2.15. The average Bonchev–Trinajstić information content (AvgIpc) is 3.03. The lowest BCUT2D eigenvalue weighted by Gasteiger charge is -2.04. The van der Waals surface area contributed by atoms with Crippen LogP contribution in [0, 0.1) is 17.8 Å². The predicted octanol–water partition coefficient (Wildman–Crippen LogP) is 3.82. The summed E-state index contributed by atoms with van der Waals surface area (Å²) in [5.74, 6) is 1.86. The van der Waals surface area contributed by atoms with Gasteiger partial charge in [-0.15, -0.1) is 0 Å². The minimum absolute atomic E-state index is 0.222. The quantitative estimate of drug-likeness (QED) is 0.882. The molecule has 2 aliphatic carbocycles. The normalized spacial score (nSPS) is 30.5. The molecule has 2 aliphatic rings. The van der Waals surface area contributed by atoms with E-state index in [0.717, 1.165) is 10.2 Å². The number of amides is 1. The van der Waals surface area contributed by atoms with Crippen LogP contribution in [0.15, 0.2) is 28.7 Å². The first-order valence-electron chi connectivity index (χ1n) is 6.32. The molecule has 0 bridgehead atoms. The highest BCUT2D eigenvalue weighted by atomic mass is 79.9. The summed E-state index contributed by atoms with van der Waals surface area (Å²) in [6.07, 6.45) is 5.12. The van der Waals surface area contributed by atoms with Crippen molar-refractivity contribution >= 4 is 27.5 Å². The molecule has 2 atom stereocenters. The molecule has 0 saturated heterocycles. The van der Waals surface area contributed by atoms with Crippen molar-refractivity contribution in [1.29, 1.82) is 0 Å². The van der Waals surface area contributed by atoms with Crippen LogP contribution in [0.1, 0.15) is 25.7 Å². The number of carbonyl (C=O) groups excluding carboxylic acids is 1. The van der Waals surface area contributed by atoms with Crippen molar-refractivity contribution in [3.05, 3.63) is 28.7 Å². The molecule has 3 heteroatoms.